The molecule has 2 N–H and O–H groups in total. The molecule has 1 aromatic rings. The van der Waals surface area contributed by atoms with Gasteiger partial charge in [0.15, 0.2) is 0 Å². The molecule has 1 fully saturated rings. The molecule has 18 heavy (non-hydrogen) atoms. The van der Waals surface area contributed by atoms with E-state index in [1.807, 2.05) is 0 Å². The largest absolute Gasteiger partial charge is 0.396 e. The Morgan fingerprint density at radius 1 is 1.44 bits per heavy atom. The maximum Gasteiger partial charge on any atom is 0.250 e. The minimum absolute atomic E-state index is 0.0480. The summed E-state index contributed by atoms with van der Waals surface area (Å²) in [5.74, 6) is 0. The maximum atomic E-state index is 12.1. The Labute approximate surface area is 112 Å². The van der Waals surface area contributed by atoms with E-state index in [1.165, 1.54) is 11.3 Å². The van der Waals surface area contributed by atoms with Gasteiger partial charge in [0.1, 0.15) is 4.21 Å². The number of aliphatic hydroxyl groups excluding tert-OH is 1. The molecule has 0 saturated heterocycles. The van der Waals surface area contributed by atoms with E-state index in [1.54, 1.807) is 12.1 Å². The first kappa shape index (κ1) is 14.0. The Morgan fingerprint density at radius 2 is 2.17 bits per heavy atom. The first-order valence-corrected chi connectivity index (χ1v) is 8.50. The number of thiophene rings is 1. The number of aliphatic hydroxyl groups is 1. The van der Waals surface area contributed by atoms with E-state index >= 15 is 0 Å². The lowest BCUT2D eigenvalue weighted by molar-refractivity contribution is 0.300. The molecule has 0 atom stereocenters. The SMILES string of the molecule is CCC1(CNS(=O)(=O)c2ccc(CCO)s2)CC1. The number of nitrogens with one attached hydrogen (secondary N) is 1. The average molecular weight is 289 g/mol. The van der Waals surface area contributed by atoms with Gasteiger partial charge in [0.2, 0.25) is 10.0 Å². The van der Waals surface area contributed by atoms with Crippen molar-refractivity contribution in [2.75, 3.05) is 13.2 Å². The van der Waals surface area contributed by atoms with Crippen molar-refractivity contribution in [1.29, 1.82) is 0 Å². The lowest BCUT2D eigenvalue weighted by Gasteiger charge is -2.12. The number of hydrogen-bond donors (Lipinski definition) is 2. The first-order valence-electron chi connectivity index (χ1n) is 6.21. The van der Waals surface area contributed by atoms with Crippen LogP contribution in [-0.2, 0) is 16.4 Å². The highest BCUT2D eigenvalue weighted by molar-refractivity contribution is 7.91. The van der Waals surface area contributed by atoms with Crippen molar-refractivity contribution in [3.8, 4) is 0 Å². The van der Waals surface area contributed by atoms with Crippen molar-refractivity contribution in [3.63, 3.8) is 0 Å². The van der Waals surface area contributed by atoms with E-state index in [0.29, 0.717) is 17.2 Å². The monoisotopic (exact) mass is 289 g/mol. The van der Waals surface area contributed by atoms with Gasteiger partial charge in [0, 0.05) is 24.4 Å². The van der Waals surface area contributed by atoms with Gasteiger partial charge >= 0.3 is 0 Å². The number of sulfonamides is 1. The van der Waals surface area contributed by atoms with Gasteiger partial charge in [-0.25, -0.2) is 13.1 Å². The van der Waals surface area contributed by atoms with Gasteiger partial charge in [-0.05, 0) is 36.8 Å². The minimum Gasteiger partial charge on any atom is -0.396 e. The number of rotatable bonds is 7. The Balaban J connectivity index is 2.01. The summed E-state index contributed by atoms with van der Waals surface area (Å²) in [6.07, 6.45) is 3.77. The van der Waals surface area contributed by atoms with Gasteiger partial charge in [-0.3, -0.25) is 0 Å². The second-order valence-electron chi connectivity index (χ2n) is 4.87. The summed E-state index contributed by atoms with van der Waals surface area (Å²) in [4.78, 5) is 0.898. The molecule has 1 aliphatic carbocycles. The lowest BCUT2D eigenvalue weighted by Crippen LogP contribution is -2.29. The smallest absolute Gasteiger partial charge is 0.250 e. The third-order valence-corrected chi connectivity index (χ3v) is 6.64. The zero-order valence-corrected chi connectivity index (χ0v) is 12.1. The standard InChI is InChI=1S/C12H19NO3S2/c1-2-12(6-7-12)9-13-18(15,16)11-4-3-10(17-11)5-8-14/h3-4,13-14H,2,5-9H2,1H3. The molecule has 1 heterocycles. The van der Waals surface area contributed by atoms with Crippen molar-refractivity contribution in [3.05, 3.63) is 17.0 Å². The fourth-order valence-corrected chi connectivity index (χ4v) is 4.44. The number of hydrogen-bond acceptors (Lipinski definition) is 4. The molecule has 6 heteroatoms. The molecule has 2 rings (SSSR count). The fourth-order valence-electron chi connectivity index (χ4n) is 1.90. The minimum atomic E-state index is -3.37. The van der Waals surface area contributed by atoms with E-state index in [9.17, 15) is 8.42 Å². The third kappa shape index (κ3) is 3.12. The zero-order valence-electron chi connectivity index (χ0n) is 10.5. The molecule has 1 aliphatic rings. The summed E-state index contributed by atoms with van der Waals surface area (Å²) < 4.78 is 27.2. The Kier molecular flexibility index (Phi) is 4.11. The second kappa shape index (κ2) is 5.28. The zero-order chi connectivity index (χ0) is 13.2. The van der Waals surface area contributed by atoms with E-state index in [0.717, 1.165) is 24.1 Å². The molecule has 0 unspecified atom stereocenters. The van der Waals surface area contributed by atoms with Crippen LogP contribution in [0.3, 0.4) is 0 Å². The summed E-state index contributed by atoms with van der Waals surface area (Å²) in [7, 11) is -3.37. The van der Waals surface area contributed by atoms with E-state index in [-0.39, 0.29) is 12.0 Å². The Hall–Kier alpha value is -0.430. The Bertz CT molecular complexity index is 503. The molecule has 0 radical (unpaired) electrons. The van der Waals surface area contributed by atoms with Crippen molar-refractivity contribution in [2.45, 2.75) is 36.8 Å². The summed E-state index contributed by atoms with van der Waals surface area (Å²) in [5, 5.41) is 8.82. The normalized spacial score (nSPS) is 17.9. The first-order chi connectivity index (χ1) is 8.51. The molecule has 0 spiro atoms. The van der Waals surface area contributed by atoms with E-state index in [2.05, 4.69) is 11.6 Å². The van der Waals surface area contributed by atoms with Gasteiger partial charge < -0.3 is 5.11 Å². The highest BCUT2D eigenvalue weighted by Gasteiger charge is 2.41. The van der Waals surface area contributed by atoms with Crippen LogP contribution in [0.5, 0.6) is 0 Å². The van der Waals surface area contributed by atoms with Crippen LogP contribution < -0.4 is 4.72 Å². The van der Waals surface area contributed by atoms with Crippen LogP contribution in [0, 0.1) is 5.41 Å². The van der Waals surface area contributed by atoms with Crippen molar-refractivity contribution in [1.82, 2.24) is 4.72 Å². The molecule has 0 bridgehead atoms. The highest BCUT2D eigenvalue weighted by Crippen LogP contribution is 2.48. The van der Waals surface area contributed by atoms with Crippen LogP contribution in [0.2, 0.25) is 0 Å². The van der Waals surface area contributed by atoms with Crippen LogP contribution in [0.1, 0.15) is 31.1 Å². The molecule has 1 saturated carbocycles. The van der Waals surface area contributed by atoms with Crippen molar-refractivity contribution in [2.24, 2.45) is 5.41 Å². The van der Waals surface area contributed by atoms with Gasteiger partial charge in [0.25, 0.3) is 0 Å². The highest BCUT2D eigenvalue weighted by atomic mass is 32.2. The fraction of sp³-hybridized carbons (Fsp3) is 0.667. The maximum absolute atomic E-state index is 12.1. The van der Waals surface area contributed by atoms with Crippen LogP contribution in [0.4, 0.5) is 0 Å². The van der Waals surface area contributed by atoms with Gasteiger partial charge in [-0.15, -0.1) is 11.3 Å². The second-order valence-corrected chi connectivity index (χ2v) is 8.03. The molecular weight excluding hydrogens is 270 g/mol. The average Bonchev–Trinajstić information content (AvgIpc) is 2.98. The predicted molar refractivity (Wildman–Crippen MR) is 72.3 cm³/mol. The van der Waals surface area contributed by atoms with Crippen LogP contribution in [0.15, 0.2) is 16.3 Å². The predicted octanol–water partition coefficient (Wildman–Crippen LogP) is 1.75. The lowest BCUT2D eigenvalue weighted by atomic mass is 10.1. The molecule has 4 nitrogen and oxygen atoms in total. The van der Waals surface area contributed by atoms with E-state index < -0.39 is 10.0 Å². The van der Waals surface area contributed by atoms with Crippen LogP contribution in [0.25, 0.3) is 0 Å². The summed E-state index contributed by atoms with van der Waals surface area (Å²) in [6.45, 7) is 2.69. The summed E-state index contributed by atoms with van der Waals surface area (Å²) >= 11 is 1.23. The summed E-state index contributed by atoms with van der Waals surface area (Å²) in [5.41, 5.74) is 0.207. The molecule has 1 aromatic heterocycles. The molecule has 0 aliphatic heterocycles. The topological polar surface area (TPSA) is 66.4 Å². The summed E-state index contributed by atoms with van der Waals surface area (Å²) in [6, 6.07) is 3.38. The molecule has 0 aromatic carbocycles. The van der Waals surface area contributed by atoms with Gasteiger partial charge in [-0.1, -0.05) is 6.92 Å². The molecule has 0 amide bonds. The van der Waals surface area contributed by atoms with Crippen LogP contribution in [-0.4, -0.2) is 26.7 Å². The van der Waals surface area contributed by atoms with Crippen molar-refractivity contribution >= 4 is 21.4 Å². The third-order valence-electron chi connectivity index (χ3n) is 3.60. The van der Waals surface area contributed by atoms with Gasteiger partial charge in [0.05, 0.1) is 0 Å². The quantitative estimate of drug-likeness (QED) is 0.803. The molecular formula is C12H19NO3S2. The van der Waals surface area contributed by atoms with Crippen LogP contribution >= 0.6 is 11.3 Å². The Morgan fingerprint density at radius 3 is 2.72 bits per heavy atom. The molecule has 102 valence electrons. The van der Waals surface area contributed by atoms with Crippen molar-refractivity contribution < 1.29 is 13.5 Å². The van der Waals surface area contributed by atoms with E-state index in [4.69, 9.17) is 5.11 Å². The van der Waals surface area contributed by atoms with Gasteiger partial charge in [-0.2, -0.15) is 0 Å².